The number of nitrogens with one attached hydrogen (secondary N) is 2. The second kappa shape index (κ2) is 8.81. The molecule has 25 heavy (non-hydrogen) atoms. The lowest BCUT2D eigenvalue weighted by molar-refractivity contribution is -0.115. The van der Waals surface area contributed by atoms with Gasteiger partial charge >= 0.3 is 0 Å². The van der Waals surface area contributed by atoms with Crippen LogP contribution >= 0.6 is 0 Å². The summed E-state index contributed by atoms with van der Waals surface area (Å²) in [7, 11) is 0. The van der Waals surface area contributed by atoms with Gasteiger partial charge in [0.25, 0.3) is 0 Å². The Morgan fingerprint density at radius 2 is 1.32 bits per heavy atom. The fourth-order valence-electron chi connectivity index (χ4n) is 2.79. The van der Waals surface area contributed by atoms with Gasteiger partial charge in [0.1, 0.15) is 0 Å². The lowest BCUT2D eigenvalue weighted by atomic mass is 9.99. The normalized spacial score (nSPS) is 11.7. The molecule has 0 fully saturated rings. The van der Waals surface area contributed by atoms with Crippen molar-refractivity contribution in [2.24, 2.45) is 0 Å². The first kappa shape index (κ1) is 16.9. The van der Waals surface area contributed by atoms with Crippen molar-refractivity contribution >= 4 is 11.6 Å². The summed E-state index contributed by atoms with van der Waals surface area (Å²) in [5.41, 5.74) is 3.24. The van der Waals surface area contributed by atoms with E-state index in [9.17, 15) is 4.79 Å². The highest BCUT2D eigenvalue weighted by atomic mass is 16.1. The average Bonchev–Trinajstić information content (AvgIpc) is 2.67. The smallest absolute Gasteiger partial charge is 0.238 e. The number of para-hydroxylation sites is 1. The van der Waals surface area contributed by atoms with Crippen molar-refractivity contribution in [3.05, 3.63) is 102 Å². The van der Waals surface area contributed by atoms with E-state index in [1.807, 2.05) is 66.7 Å². The number of carbonyl (C=O) groups excluding carboxylic acids is 1. The maximum Gasteiger partial charge on any atom is 0.238 e. The van der Waals surface area contributed by atoms with E-state index in [-0.39, 0.29) is 18.5 Å². The number of hydrogen-bond acceptors (Lipinski definition) is 2. The fraction of sp³-hybridized carbons (Fsp3) is 0.136. The monoisotopic (exact) mass is 330 g/mol. The highest BCUT2D eigenvalue weighted by Gasteiger charge is 2.13. The molecule has 0 radical (unpaired) electrons. The summed E-state index contributed by atoms with van der Waals surface area (Å²) >= 11 is 0. The minimum atomic E-state index is -0.0415. The second-order valence-corrected chi connectivity index (χ2v) is 5.95. The largest absolute Gasteiger partial charge is 0.325 e. The summed E-state index contributed by atoms with van der Waals surface area (Å²) in [6.45, 7) is 0.265. The summed E-state index contributed by atoms with van der Waals surface area (Å²) in [6, 6.07) is 30.2. The maximum absolute atomic E-state index is 12.2. The Bertz CT molecular complexity index is 773. The van der Waals surface area contributed by atoms with Gasteiger partial charge < -0.3 is 10.6 Å². The van der Waals surface area contributed by atoms with Gasteiger partial charge in [0.15, 0.2) is 0 Å². The minimum Gasteiger partial charge on any atom is -0.325 e. The first-order chi connectivity index (χ1) is 12.3. The molecule has 1 amide bonds. The zero-order chi connectivity index (χ0) is 17.3. The summed E-state index contributed by atoms with van der Waals surface area (Å²) in [5.74, 6) is -0.0415. The van der Waals surface area contributed by atoms with E-state index < -0.39 is 0 Å². The molecule has 2 N–H and O–H groups in total. The molecule has 0 bridgehead atoms. The van der Waals surface area contributed by atoms with Crippen LogP contribution in [0.3, 0.4) is 0 Å². The Morgan fingerprint density at radius 1 is 0.760 bits per heavy atom. The molecule has 3 aromatic rings. The van der Waals surface area contributed by atoms with Crippen molar-refractivity contribution < 1.29 is 4.79 Å². The van der Waals surface area contributed by atoms with Gasteiger partial charge in [-0.15, -0.1) is 0 Å². The van der Waals surface area contributed by atoms with Gasteiger partial charge in [0, 0.05) is 11.7 Å². The summed E-state index contributed by atoms with van der Waals surface area (Å²) in [6.07, 6.45) is 0.837. The topological polar surface area (TPSA) is 41.1 Å². The Balaban J connectivity index is 1.64. The molecule has 0 heterocycles. The Kier molecular flexibility index (Phi) is 5.96. The number of anilines is 1. The van der Waals surface area contributed by atoms with Crippen LogP contribution in [0, 0.1) is 0 Å². The molecule has 0 aliphatic rings. The van der Waals surface area contributed by atoms with Crippen LogP contribution in [0.2, 0.25) is 0 Å². The van der Waals surface area contributed by atoms with E-state index in [1.54, 1.807) is 0 Å². The molecular formula is C22H22N2O. The molecule has 0 aliphatic carbocycles. The van der Waals surface area contributed by atoms with Crippen molar-refractivity contribution in [2.75, 3.05) is 11.9 Å². The number of benzene rings is 3. The first-order valence-electron chi connectivity index (χ1n) is 8.48. The SMILES string of the molecule is O=C(CNC(Cc1ccccc1)c1ccccc1)Nc1ccccc1. The molecule has 0 aromatic heterocycles. The van der Waals surface area contributed by atoms with Crippen LogP contribution in [0.25, 0.3) is 0 Å². The van der Waals surface area contributed by atoms with Crippen LogP contribution in [0.4, 0.5) is 5.69 Å². The average molecular weight is 330 g/mol. The number of amides is 1. The molecule has 3 heteroatoms. The Labute approximate surface area is 148 Å². The van der Waals surface area contributed by atoms with Crippen LogP contribution in [0.5, 0.6) is 0 Å². The van der Waals surface area contributed by atoms with Crippen LogP contribution in [0.1, 0.15) is 17.2 Å². The molecule has 0 aliphatic heterocycles. The summed E-state index contributed by atoms with van der Waals surface area (Å²) < 4.78 is 0. The van der Waals surface area contributed by atoms with Gasteiger partial charge in [-0.1, -0.05) is 78.9 Å². The van der Waals surface area contributed by atoms with E-state index in [4.69, 9.17) is 0 Å². The van der Waals surface area contributed by atoms with Crippen LogP contribution in [-0.2, 0) is 11.2 Å². The summed E-state index contributed by atoms with van der Waals surface area (Å²) in [4.78, 5) is 12.2. The molecule has 3 aromatic carbocycles. The zero-order valence-corrected chi connectivity index (χ0v) is 14.1. The molecule has 1 unspecified atom stereocenters. The zero-order valence-electron chi connectivity index (χ0n) is 14.1. The molecule has 1 atom stereocenters. The van der Waals surface area contributed by atoms with Crippen molar-refractivity contribution in [3.63, 3.8) is 0 Å². The standard InChI is InChI=1S/C22H22N2O/c25-22(24-20-14-8-3-9-15-20)17-23-21(19-12-6-2-7-13-19)16-18-10-4-1-5-11-18/h1-15,21,23H,16-17H2,(H,24,25). The third-order valence-electron chi connectivity index (χ3n) is 4.05. The van der Waals surface area contributed by atoms with E-state index in [0.717, 1.165) is 12.1 Å². The molecule has 3 rings (SSSR count). The Hall–Kier alpha value is -2.91. The van der Waals surface area contributed by atoms with Gasteiger partial charge in [0.2, 0.25) is 5.91 Å². The van der Waals surface area contributed by atoms with Gasteiger partial charge in [0.05, 0.1) is 6.54 Å². The highest BCUT2D eigenvalue weighted by molar-refractivity contribution is 5.92. The van der Waals surface area contributed by atoms with Crippen molar-refractivity contribution in [1.29, 1.82) is 0 Å². The fourth-order valence-corrected chi connectivity index (χ4v) is 2.79. The first-order valence-corrected chi connectivity index (χ1v) is 8.48. The third kappa shape index (κ3) is 5.30. The highest BCUT2D eigenvalue weighted by Crippen LogP contribution is 2.18. The van der Waals surface area contributed by atoms with Crippen molar-refractivity contribution in [3.8, 4) is 0 Å². The molecule has 0 saturated carbocycles. The predicted molar refractivity (Wildman–Crippen MR) is 102 cm³/mol. The minimum absolute atomic E-state index is 0.0415. The van der Waals surface area contributed by atoms with E-state index in [0.29, 0.717) is 0 Å². The lowest BCUT2D eigenvalue weighted by Gasteiger charge is -2.19. The van der Waals surface area contributed by atoms with E-state index in [1.165, 1.54) is 11.1 Å². The number of rotatable bonds is 7. The van der Waals surface area contributed by atoms with Crippen LogP contribution in [-0.4, -0.2) is 12.5 Å². The van der Waals surface area contributed by atoms with E-state index in [2.05, 4.69) is 34.9 Å². The van der Waals surface area contributed by atoms with Crippen LogP contribution in [0.15, 0.2) is 91.0 Å². The summed E-state index contributed by atoms with van der Waals surface area (Å²) in [5, 5.41) is 6.30. The lowest BCUT2D eigenvalue weighted by Crippen LogP contribution is -2.32. The van der Waals surface area contributed by atoms with Gasteiger partial charge in [-0.05, 0) is 29.7 Å². The Morgan fingerprint density at radius 3 is 1.96 bits per heavy atom. The van der Waals surface area contributed by atoms with Gasteiger partial charge in [-0.3, -0.25) is 4.79 Å². The number of carbonyl (C=O) groups is 1. The molecular weight excluding hydrogens is 308 g/mol. The number of hydrogen-bond donors (Lipinski definition) is 2. The quantitative estimate of drug-likeness (QED) is 0.682. The second-order valence-electron chi connectivity index (χ2n) is 5.95. The van der Waals surface area contributed by atoms with Crippen molar-refractivity contribution in [2.45, 2.75) is 12.5 Å². The molecule has 0 saturated heterocycles. The molecule has 3 nitrogen and oxygen atoms in total. The molecule has 0 spiro atoms. The van der Waals surface area contributed by atoms with Crippen LogP contribution < -0.4 is 10.6 Å². The molecule has 126 valence electrons. The van der Waals surface area contributed by atoms with Gasteiger partial charge in [-0.2, -0.15) is 0 Å². The predicted octanol–water partition coefficient (Wildman–Crippen LogP) is 4.20. The maximum atomic E-state index is 12.2. The van der Waals surface area contributed by atoms with Crippen molar-refractivity contribution in [1.82, 2.24) is 5.32 Å². The van der Waals surface area contributed by atoms with Gasteiger partial charge in [-0.25, -0.2) is 0 Å². The third-order valence-corrected chi connectivity index (χ3v) is 4.05. The van der Waals surface area contributed by atoms with E-state index >= 15 is 0 Å².